The normalized spacial score (nSPS) is 14.6. The predicted molar refractivity (Wildman–Crippen MR) is 62.7 cm³/mol. The maximum Gasteiger partial charge on any atom is 0.303 e. The van der Waals surface area contributed by atoms with Crippen LogP contribution in [0.2, 0.25) is 0 Å². The third kappa shape index (κ3) is 6.94. The maximum atomic E-state index is 11.5. The zero-order valence-corrected chi connectivity index (χ0v) is 10.4. The quantitative estimate of drug-likeness (QED) is 0.616. The van der Waals surface area contributed by atoms with Gasteiger partial charge in [-0.1, -0.05) is 0 Å². The van der Waals surface area contributed by atoms with E-state index in [1.54, 1.807) is 11.9 Å². The van der Waals surface area contributed by atoms with Crippen molar-refractivity contribution in [1.29, 1.82) is 0 Å². The molecule has 5 heteroatoms. The molecule has 0 saturated heterocycles. The van der Waals surface area contributed by atoms with Gasteiger partial charge in [-0.2, -0.15) is 0 Å². The van der Waals surface area contributed by atoms with Gasteiger partial charge in [0.1, 0.15) is 0 Å². The molecule has 5 nitrogen and oxygen atoms in total. The third-order valence-corrected chi connectivity index (χ3v) is 2.83. The number of ether oxygens (including phenoxy) is 1. The molecule has 17 heavy (non-hydrogen) atoms. The molecule has 1 aliphatic rings. The molecule has 0 atom stereocenters. The van der Waals surface area contributed by atoms with Crippen molar-refractivity contribution in [1.82, 2.24) is 4.90 Å². The Bertz CT molecular complexity index is 263. The van der Waals surface area contributed by atoms with Crippen LogP contribution in [-0.2, 0) is 14.3 Å². The van der Waals surface area contributed by atoms with Crippen molar-refractivity contribution in [2.24, 2.45) is 5.92 Å². The molecule has 0 heterocycles. The summed E-state index contributed by atoms with van der Waals surface area (Å²) >= 11 is 0. The molecule has 0 spiro atoms. The van der Waals surface area contributed by atoms with Gasteiger partial charge in [-0.15, -0.1) is 0 Å². The second-order valence-corrected chi connectivity index (χ2v) is 4.58. The van der Waals surface area contributed by atoms with E-state index in [4.69, 9.17) is 9.84 Å². The highest BCUT2D eigenvalue weighted by Crippen LogP contribution is 2.28. The monoisotopic (exact) mass is 243 g/mol. The number of hydrogen-bond acceptors (Lipinski definition) is 3. The summed E-state index contributed by atoms with van der Waals surface area (Å²) in [6.07, 6.45) is 3.29. The molecule has 0 aliphatic heterocycles. The molecule has 0 unspecified atom stereocenters. The largest absolute Gasteiger partial charge is 0.481 e. The van der Waals surface area contributed by atoms with Crippen LogP contribution in [0.15, 0.2) is 0 Å². The van der Waals surface area contributed by atoms with Crippen molar-refractivity contribution in [2.75, 3.05) is 26.8 Å². The topological polar surface area (TPSA) is 66.8 Å². The van der Waals surface area contributed by atoms with E-state index in [2.05, 4.69) is 0 Å². The lowest BCUT2D eigenvalue weighted by Gasteiger charge is -2.16. The summed E-state index contributed by atoms with van der Waals surface area (Å²) in [6.45, 7) is 1.96. The van der Waals surface area contributed by atoms with Gasteiger partial charge in [0, 0.05) is 33.0 Å². The fraction of sp³-hybridized carbons (Fsp3) is 0.833. The molecule has 1 rings (SSSR count). The first-order valence-corrected chi connectivity index (χ1v) is 6.13. The van der Waals surface area contributed by atoms with Crippen molar-refractivity contribution >= 4 is 11.9 Å². The Balaban J connectivity index is 1.98. The van der Waals surface area contributed by atoms with Crippen LogP contribution in [0.4, 0.5) is 0 Å². The molecular formula is C12H21NO4. The molecule has 0 aromatic carbocycles. The fourth-order valence-electron chi connectivity index (χ4n) is 1.44. The van der Waals surface area contributed by atoms with Crippen LogP contribution >= 0.6 is 0 Å². The van der Waals surface area contributed by atoms with Gasteiger partial charge in [-0.25, -0.2) is 0 Å². The summed E-state index contributed by atoms with van der Waals surface area (Å²) in [4.78, 5) is 23.4. The fourth-order valence-corrected chi connectivity index (χ4v) is 1.44. The second-order valence-electron chi connectivity index (χ2n) is 4.58. The lowest BCUT2D eigenvalue weighted by molar-refractivity contribution is -0.137. The molecule has 1 saturated carbocycles. The smallest absolute Gasteiger partial charge is 0.303 e. The minimum Gasteiger partial charge on any atom is -0.481 e. The van der Waals surface area contributed by atoms with Crippen LogP contribution in [0.1, 0.15) is 32.1 Å². The molecular weight excluding hydrogens is 222 g/mol. The molecule has 0 aromatic rings. The van der Waals surface area contributed by atoms with Crippen molar-refractivity contribution in [3.05, 3.63) is 0 Å². The molecule has 0 radical (unpaired) electrons. The maximum absolute atomic E-state index is 11.5. The summed E-state index contributed by atoms with van der Waals surface area (Å²) in [5.41, 5.74) is 0. The van der Waals surface area contributed by atoms with E-state index in [9.17, 15) is 9.59 Å². The zero-order chi connectivity index (χ0) is 12.7. The van der Waals surface area contributed by atoms with Crippen LogP contribution in [0.3, 0.4) is 0 Å². The predicted octanol–water partition coefficient (Wildman–Crippen LogP) is 1.13. The third-order valence-electron chi connectivity index (χ3n) is 2.83. The summed E-state index contributed by atoms with van der Waals surface area (Å²) in [5, 5.41) is 8.45. The lowest BCUT2D eigenvalue weighted by atomic mass is 10.2. The Morgan fingerprint density at radius 3 is 2.65 bits per heavy atom. The van der Waals surface area contributed by atoms with Crippen LogP contribution in [-0.4, -0.2) is 48.7 Å². The minimum absolute atomic E-state index is 0.0127. The van der Waals surface area contributed by atoms with Gasteiger partial charge in [0.2, 0.25) is 5.91 Å². The number of carbonyl (C=O) groups excluding carboxylic acids is 1. The molecule has 1 aliphatic carbocycles. The van der Waals surface area contributed by atoms with E-state index in [1.807, 2.05) is 0 Å². The van der Waals surface area contributed by atoms with Crippen LogP contribution < -0.4 is 0 Å². The van der Waals surface area contributed by atoms with E-state index in [0.717, 1.165) is 12.5 Å². The highest BCUT2D eigenvalue weighted by atomic mass is 16.5. The molecule has 0 bridgehead atoms. The number of carboxylic acids is 1. The Kier molecular flexibility index (Phi) is 5.97. The number of carboxylic acid groups (broad SMARTS) is 1. The molecule has 0 aromatic heterocycles. The van der Waals surface area contributed by atoms with Crippen molar-refractivity contribution < 1.29 is 19.4 Å². The number of aliphatic carboxylic acids is 1. The van der Waals surface area contributed by atoms with Gasteiger partial charge in [-0.3, -0.25) is 9.59 Å². The van der Waals surface area contributed by atoms with Gasteiger partial charge in [0.15, 0.2) is 0 Å². The number of amides is 1. The second kappa shape index (κ2) is 7.27. The average Bonchev–Trinajstić information content (AvgIpc) is 3.07. The van der Waals surface area contributed by atoms with Crippen LogP contribution in [0.5, 0.6) is 0 Å². The SMILES string of the molecule is CN(CCOCC1CC1)C(=O)CCCC(=O)O. The number of carbonyl (C=O) groups is 2. The lowest BCUT2D eigenvalue weighted by Crippen LogP contribution is -2.30. The molecule has 98 valence electrons. The van der Waals surface area contributed by atoms with Crippen molar-refractivity contribution in [3.8, 4) is 0 Å². The van der Waals surface area contributed by atoms with Crippen molar-refractivity contribution in [3.63, 3.8) is 0 Å². The molecule has 1 fully saturated rings. The van der Waals surface area contributed by atoms with Gasteiger partial charge >= 0.3 is 5.97 Å². The van der Waals surface area contributed by atoms with E-state index in [1.165, 1.54) is 12.8 Å². The Morgan fingerprint density at radius 1 is 1.35 bits per heavy atom. The molecule has 1 amide bonds. The summed E-state index contributed by atoms with van der Waals surface area (Å²) in [6, 6.07) is 0. The summed E-state index contributed by atoms with van der Waals surface area (Å²) in [7, 11) is 1.73. The Labute approximate surface area is 102 Å². The van der Waals surface area contributed by atoms with E-state index in [-0.39, 0.29) is 12.3 Å². The Hall–Kier alpha value is -1.10. The van der Waals surface area contributed by atoms with Crippen LogP contribution in [0, 0.1) is 5.92 Å². The number of rotatable bonds is 9. The van der Waals surface area contributed by atoms with Gasteiger partial charge < -0.3 is 14.7 Å². The van der Waals surface area contributed by atoms with Gasteiger partial charge in [0.05, 0.1) is 6.61 Å². The van der Waals surface area contributed by atoms with E-state index >= 15 is 0 Å². The Morgan fingerprint density at radius 2 is 2.06 bits per heavy atom. The van der Waals surface area contributed by atoms with E-state index < -0.39 is 5.97 Å². The number of hydrogen-bond donors (Lipinski definition) is 1. The average molecular weight is 243 g/mol. The first-order chi connectivity index (χ1) is 8.09. The highest BCUT2D eigenvalue weighted by molar-refractivity contribution is 5.76. The highest BCUT2D eigenvalue weighted by Gasteiger charge is 2.21. The van der Waals surface area contributed by atoms with Gasteiger partial charge in [-0.05, 0) is 25.2 Å². The summed E-state index contributed by atoms with van der Waals surface area (Å²) in [5.74, 6) is -0.124. The first-order valence-electron chi connectivity index (χ1n) is 6.13. The summed E-state index contributed by atoms with van der Waals surface area (Å²) < 4.78 is 5.43. The standard InChI is InChI=1S/C12H21NO4/c1-13(7-8-17-9-10-5-6-10)11(14)3-2-4-12(15)16/h10H,2-9H2,1H3,(H,15,16). The number of likely N-dealkylation sites (N-methyl/N-ethyl adjacent to an activating group) is 1. The minimum atomic E-state index is -0.854. The molecule has 1 N–H and O–H groups in total. The zero-order valence-electron chi connectivity index (χ0n) is 10.4. The van der Waals surface area contributed by atoms with E-state index in [0.29, 0.717) is 26.0 Å². The van der Waals surface area contributed by atoms with Crippen molar-refractivity contribution in [2.45, 2.75) is 32.1 Å². The number of nitrogens with zero attached hydrogens (tertiary/aromatic N) is 1. The van der Waals surface area contributed by atoms with Crippen LogP contribution in [0.25, 0.3) is 0 Å². The van der Waals surface area contributed by atoms with Gasteiger partial charge in [0.25, 0.3) is 0 Å². The first kappa shape index (κ1) is 14.0.